The highest BCUT2D eigenvalue weighted by molar-refractivity contribution is 7.90. The number of rotatable bonds is 3. The smallest absolute Gasteiger partial charge is 0.237 e. The number of allylic oxidation sites excluding steroid dienone is 4. The Morgan fingerprint density at radius 2 is 1.93 bits per heavy atom. The fraction of sp³-hybridized carbons (Fsp3) is 0.318. The normalized spacial score (nSPS) is 20.6. The van der Waals surface area contributed by atoms with Gasteiger partial charge in [0.1, 0.15) is 5.82 Å². The molecule has 0 aromatic carbocycles. The van der Waals surface area contributed by atoms with Crippen LogP contribution >= 0.6 is 0 Å². The largest absolute Gasteiger partial charge is 0.282 e. The van der Waals surface area contributed by atoms with Crippen LogP contribution in [0.15, 0.2) is 53.5 Å². The number of aryl methyl sites for hydroxylation is 1. The van der Waals surface area contributed by atoms with Crippen molar-refractivity contribution in [2.24, 2.45) is 11.3 Å². The van der Waals surface area contributed by atoms with Crippen LogP contribution in [0, 0.1) is 24.1 Å². The van der Waals surface area contributed by atoms with Crippen molar-refractivity contribution in [1.82, 2.24) is 9.97 Å². The molecule has 1 aliphatic heterocycles. The van der Waals surface area contributed by atoms with Crippen LogP contribution in [0.25, 0.3) is 5.57 Å². The Kier molecular flexibility index (Phi) is 4.65. The minimum Gasteiger partial charge on any atom is -0.282 e. The summed E-state index contributed by atoms with van der Waals surface area (Å²) in [4.78, 5) is 23.0. The highest BCUT2D eigenvalue weighted by atomic mass is 32.2. The lowest BCUT2D eigenvalue weighted by Crippen LogP contribution is -2.31. The fourth-order valence-electron chi connectivity index (χ4n) is 3.99. The van der Waals surface area contributed by atoms with Crippen molar-refractivity contribution >= 4 is 27.0 Å². The summed E-state index contributed by atoms with van der Waals surface area (Å²) < 4.78 is 38.0. The Labute approximate surface area is 175 Å². The number of hydrogen-bond acceptors (Lipinski definition) is 5. The van der Waals surface area contributed by atoms with E-state index >= 15 is 0 Å². The second-order valence-corrected chi connectivity index (χ2v) is 10.3. The molecule has 1 fully saturated rings. The summed E-state index contributed by atoms with van der Waals surface area (Å²) in [6.07, 6.45) is 9.92. The number of fused-ring (bicyclic) bond motifs is 1. The van der Waals surface area contributed by atoms with Crippen LogP contribution in [0.2, 0.25) is 0 Å². The van der Waals surface area contributed by atoms with Gasteiger partial charge in [-0.3, -0.25) is 19.7 Å². The molecular formula is C22H22FN3O3S. The summed E-state index contributed by atoms with van der Waals surface area (Å²) in [6.45, 7) is 5.37. The van der Waals surface area contributed by atoms with E-state index in [4.69, 9.17) is 0 Å². The maximum atomic E-state index is 14.0. The highest BCUT2D eigenvalue weighted by Crippen LogP contribution is 2.50. The molecule has 8 heteroatoms. The zero-order chi connectivity index (χ0) is 21.8. The van der Waals surface area contributed by atoms with Gasteiger partial charge < -0.3 is 0 Å². The Balaban J connectivity index is 1.83. The number of amides is 1. The lowest BCUT2D eigenvalue weighted by molar-refractivity contribution is -0.125. The molecule has 2 aromatic heterocycles. The first kappa shape index (κ1) is 20.4. The molecular weight excluding hydrogens is 405 g/mol. The molecule has 0 spiro atoms. The predicted molar refractivity (Wildman–Crippen MR) is 112 cm³/mol. The average Bonchev–Trinajstić information content (AvgIpc) is 2.89. The summed E-state index contributed by atoms with van der Waals surface area (Å²) in [6, 6.07) is 2.90. The second-order valence-electron chi connectivity index (χ2n) is 8.32. The second kappa shape index (κ2) is 6.84. The van der Waals surface area contributed by atoms with Gasteiger partial charge in [-0.2, -0.15) is 0 Å². The van der Waals surface area contributed by atoms with Crippen molar-refractivity contribution < 1.29 is 17.6 Å². The van der Waals surface area contributed by atoms with Crippen LogP contribution < -0.4 is 4.90 Å². The molecule has 6 nitrogen and oxygen atoms in total. The van der Waals surface area contributed by atoms with Gasteiger partial charge in [0, 0.05) is 35.8 Å². The van der Waals surface area contributed by atoms with Crippen LogP contribution in [0.4, 0.5) is 10.1 Å². The summed E-state index contributed by atoms with van der Waals surface area (Å²) in [5, 5.41) is 0. The van der Waals surface area contributed by atoms with E-state index in [0.717, 1.165) is 17.5 Å². The quantitative estimate of drug-likeness (QED) is 0.746. The zero-order valence-corrected chi connectivity index (χ0v) is 18.0. The number of carbonyl (C=O) groups is 1. The highest BCUT2D eigenvalue weighted by Gasteiger charge is 2.51. The molecule has 2 aromatic rings. The molecule has 0 N–H and O–H groups in total. The lowest BCUT2D eigenvalue weighted by atomic mass is 9.75. The summed E-state index contributed by atoms with van der Waals surface area (Å²) in [7, 11) is -3.47. The zero-order valence-electron chi connectivity index (χ0n) is 17.2. The number of hydrogen-bond donors (Lipinski definition) is 0. The first-order valence-corrected chi connectivity index (χ1v) is 11.4. The molecule has 1 atom stereocenters. The van der Waals surface area contributed by atoms with Crippen LogP contribution in [0.3, 0.4) is 0 Å². The number of pyridine rings is 2. The maximum absolute atomic E-state index is 14.0. The van der Waals surface area contributed by atoms with E-state index in [9.17, 15) is 17.6 Å². The molecule has 30 heavy (non-hydrogen) atoms. The van der Waals surface area contributed by atoms with E-state index in [1.165, 1.54) is 29.4 Å². The molecule has 2 aliphatic rings. The minimum absolute atomic E-state index is 0.0473. The maximum Gasteiger partial charge on any atom is 0.237 e. The van der Waals surface area contributed by atoms with Gasteiger partial charge in [-0.25, -0.2) is 12.8 Å². The molecule has 3 heterocycles. The molecule has 1 unspecified atom stereocenters. The minimum atomic E-state index is -3.47. The van der Waals surface area contributed by atoms with Gasteiger partial charge in [-0.05, 0) is 37.1 Å². The lowest BCUT2D eigenvalue weighted by Gasteiger charge is -2.26. The number of nitrogens with zero attached hydrogens (tertiary/aromatic N) is 3. The third-order valence-corrected chi connectivity index (χ3v) is 6.94. The standard InChI is InChI=1S/C22H22FN3O3S/c1-13-19(23)7-15(10-25-13)14-5-6-18-20(8-14)26(21(27)22(18,2)3)16-9-17(12-24-11-16)30(4,28)29/h5,7-12,18H,6H2,1-4H3. The number of carbonyl (C=O) groups excluding carboxylic acids is 1. The van der Waals surface area contributed by atoms with Gasteiger partial charge in [0.25, 0.3) is 0 Å². The fourth-order valence-corrected chi connectivity index (χ4v) is 4.57. The van der Waals surface area contributed by atoms with Crippen LogP contribution in [-0.2, 0) is 14.6 Å². The molecule has 1 saturated heterocycles. The third kappa shape index (κ3) is 3.25. The van der Waals surface area contributed by atoms with Crippen molar-refractivity contribution in [1.29, 1.82) is 0 Å². The van der Waals surface area contributed by atoms with E-state index in [1.54, 1.807) is 13.1 Å². The monoisotopic (exact) mass is 427 g/mol. The van der Waals surface area contributed by atoms with Crippen molar-refractivity contribution in [2.75, 3.05) is 11.2 Å². The van der Waals surface area contributed by atoms with Crippen molar-refractivity contribution in [3.63, 3.8) is 0 Å². The number of sulfone groups is 1. The van der Waals surface area contributed by atoms with Gasteiger partial charge in [-0.1, -0.05) is 19.9 Å². The van der Waals surface area contributed by atoms with Gasteiger partial charge in [0.05, 0.1) is 27.9 Å². The van der Waals surface area contributed by atoms with E-state index in [1.807, 2.05) is 26.0 Å². The first-order valence-electron chi connectivity index (χ1n) is 9.54. The Bertz CT molecular complexity index is 1230. The van der Waals surface area contributed by atoms with Crippen molar-refractivity contribution in [2.45, 2.75) is 32.1 Å². The Morgan fingerprint density at radius 3 is 2.60 bits per heavy atom. The number of anilines is 1. The number of aromatic nitrogens is 2. The van der Waals surface area contributed by atoms with E-state index in [-0.39, 0.29) is 16.7 Å². The molecule has 156 valence electrons. The molecule has 1 amide bonds. The van der Waals surface area contributed by atoms with E-state index in [2.05, 4.69) is 9.97 Å². The molecule has 0 saturated carbocycles. The molecule has 0 radical (unpaired) electrons. The summed E-state index contributed by atoms with van der Waals surface area (Å²) in [5.41, 5.74) is 2.20. The Morgan fingerprint density at radius 1 is 1.20 bits per heavy atom. The van der Waals surface area contributed by atoms with Crippen molar-refractivity contribution in [3.05, 3.63) is 65.6 Å². The molecule has 4 rings (SSSR count). The van der Waals surface area contributed by atoms with Gasteiger partial charge in [-0.15, -0.1) is 0 Å². The van der Waals surface area contributed by atoms with E-state index in [0.29, 0.717) is 23.4 Å². The van der Waals surface area contributed by atoms with E-state index < -0.39 is 21.1 Å². The van der Waals surface area contributed by atoms with Gasteiger partial charge >= 0.3 is 0 Å². The third-order valence-electron chi connectivity index (χ3n) is 5.86. The van der Waals surface area contributed by atoms with Crippen LogP contribution in [-0.4, -0.2) is 30.5 Å². The first-order chi connectivity index (χ1) is 14.0. The topological polar surface area (TPSA) is 80.2 Å². The molecule has 0 bridgehead atoms. The SMILES string of the molecule is Cc1ncc(C2=CCC3C(=C2)N(c2cncc(S(C)(=O)=O)c2)C(=O)C3(C)C)cc1F. The average molecular weight is 428 g/mol. The van der Waals surface area contributed by atoms with Gasteiger partial charge in [0.15, 0.2) is 9.84 Å². The van der Waals surface area contributed by atoms with Crippen LogP contribution in [0.1, 0.15) is 31.5 Å². The molecule has 1 aliphatic carbocycles. The summed E-state index contributed by atoms with van der Waals surface area (Å²) in [5.74, 6) is -0.605. The number of halogens is 1. The van der Waals surface area contributed by atoms with Gasteiger partial charge in [0.2, 0.25) is 5.91 Å². The summed E-state index contributed by atoms with van der Waals surface area (Å²) >= 11 is 0. The predicted octanol–water partition coefficient (Wildman–Crippen LogP) is 3.69. The van der Waals surface area contributed by atoms with Crippen LogP contribution in [0.5, 0.6) is 0 Å². The van der Waals surface area contributed by atoms with Crippen molar-refractivity contribution in [3.8, 4) is 0 Å². The Hall–Kier alpha value is -2.87.